The number of aryl methyl sites for hydroxylation is 1. The number of methoxy groups -OCH3 is 1. The minimum absolute atomic E-state index is 0.0256. The number of Topliss-reactive ketones (excluding diaryl/α,β-unsaturated/α-hetero) is 1. The Morgan fingerprint density at radius 1 is 1.44 bits per heavy atom. The lowest BCUT2D eigenvalue weighted by molar-refractivity contribution is -0.131. The molecule has 5 nitrogen and oxygen atoms in total. The molecule has 1 rings (SSSR count). The molecule has 82 valence electrons. The third-order valence-corrected chi connectivity index (χ3v) is 2.06. The number of hydrogen-bond acceptors (Lipinski definition) is 4. The Morgan fingerprint density at radius 2 is 2.06 bits per heavy atom. The van der Waals surface area contributed by atoms with Crippen LogP contribution in [-0.4, -0.2) is 24.0 Å². The number of rotatable bonds is 3. The fraction of sp³-hybridized carbons (Fsp3) is 0.182. The minimum Gasteiger partial charge on any atom is -0.495 e. The largest absolute Gasteiger partial charge is 0.495 e. The summed E-state index contributed by atoms with van der Waals surface area (Å²) in [6.45, 7) is 1.64. The van der Waals surface area contributed by atoms with Gasteiger partial charge < -0.3 is 9.84 Å². The first-order valence-electron chi connectivity index (χ1n) is 4.37. The number of carbonyl (C=O) groups excluding carboxylic acids is 1. The number of nitriles is 1. The lowest BCUT2D eigenvalue weighted by Gasteiger charge is -2.07. The molecule has 0 unspecified atom stereocenters. The molecule has 0 aliphatic heterocycles. The van der Waals surface area contributed by atoms with Crippen molar-refractivity contribution in [3.05, 3.63) is 28.8 Å². The van der Waals surface area contributed by atoms with Crippen LogP contribution in [0.2, 0.25) is 0 Å². The molecule has 0 spiro atoms. The number of carbonyl (C=O) groups is 2. The van der Waals surface area contributed by atoms with Gasteiger partial charge in [0.1, 0.15) is 11.8 Å². The van der Waals surface area contributed by atoms with Crippen LogP contribution in [0.3, 0.4) is 0 Å². The summed E-state index contributed by atoms with van der Waals surface area (Å²) >= 11 is 0. The van der Waals surface area contributed by atoms with E-state index in [-0.39, 0.29) is 11.1 Å². The summed E-state index contributed by atoms with van der Waals surface area (Å²) in [5, 5.41) is 17.4. The number of ketones is 1. The molecular weight excluding hydrogens is 210 g/mol. The monoisotopic (exact) mass is 219 g/mol. The molecule has 0 amide bonds. The van der Waals surface area contributed by atoms with Crippen LogP contribution >= 0.6 is 0 Å². The summed E-state index contributed by atoms with van der Waals surface area (Å²) < 4.78 is 4.98. The number of ether oxygens (including phenoxy) is 1. The van der Waals surface area contributed by atoms with Crippen molar-refractivity contribution in [1.29, 1.82) is 5.26 Å². The Bertz CT molecular complexity index is 499. The van der Waals surface area contributed by atoms with Crippen LogP contribution in [0.15, 0.2) is 12.1 Å². The number of carboxylic acid groups (broad SMARTS) is 1. The summed E-state index contributed by atoms with van der Waals surface area (Å²) in [6, 6.07) is 4.45. The molecule has 0 aliphatic rings. The molecule has 0 radical (unpaired) electrons. The van der Waals surface area contributed by atoms with Crippen LogP contribution in [0.1, 0.15) is 21.5 Å². The molecule has 0 saturated heterocycles. The van der Waals surface area contributed by atoms with Crippen molar-refractivity contribution in [2.75, 3.05) is 7.11 Å². The van der Waals surface area contributed by atoms with Gasteiger partial charge in [-0.05, 0) is 24.6 Å². The highest BCUT2D eigenvalue weighted by atomic mass is 16.5. The molecule has 5 heteroatoms. The Labute approximate surface area is 91.9 Å². The lowest BCUT2D eigenvalue weighted by Crippen LogP contribution is -2.13. The second-order valence-corrected chi connectivity index (χ2v) is 3.12. The maximum Gasteiger partial charge on any atom is 0.377 e. The van der Waals surface area contributed by atoms with Gasteiger partial charge in [-0.15, -0.1) is 0 Å². The summed E-state index contributed by atoms with van der Waals surface area (Å²) in [4.78, 5) is 21.7. The van der Waals surface area contributed by atoms with Crippen LogP contribution < -0.4 is 4.74 Å². The van der Waals surface area contributed by atoms with Crippen LogP contribution in [0.4, 0.5) is 0 Å². The highest BCUT2D eigenvalue weighted by Crippen LogP contribution is 2.24. The highest BCUT2D eigenvalue weighted by Gasteiger charge is 2.18. The quantitative estimate of drug-likeness (QED) is 0.608. The maximum atomic E-state index is 11.2. The van der Waals surface area contributed by atoms with E-state index in [1.165, 1.54) is 19.2 Å². The molecule has 0 aromatic heterocycles. The molecule has 0 atom stereocenters. The first-order valence-corrected chi connectivity index (χ1v) is 4.37. The Hall–Kier alpha value is -2.35. The second-order valence-electron chi connectivity index (χ2n) is 3.12. The Balaban J connectivity index is 3.38. The predicted molar refractivity (Wildman–Crippen MR) is 54.4 cm³/mol. The number of carboxylic acids is 1. The fourth-order valence-electron chi connectivity index (χ4n) is 1.38. The van der Waals surface area contributed by atoms with Crippen molar-refractivity contribution in [2.24, 2.45) is 0 Å². The summed E-state index contributed by atoms with van der Waals surface area (Å²) in [5.41, 5.74) is 0.667. The predicted octanol–water partition coefficient (Wildman–Crippen LogP) is 1.14. The molecule has 1 N–H and O–H groups in total. The molecule has 1 aromatic rings. The molecule has 0 aliphatic carbocycles. The van der Waals surface area contributed by atoms with Crippen LogP contribution in [0.5, 0.6) is 5.75 Å². The zero-order chi connectivity index (χ0) is 12.3. The number of nitrogens with zero attached hydrogens (tertiary/aromatic N) is 1. The van der Waals surface area contributed by atoms with E-state index in [0.717, 1.165) is 0 Å². The highest BCUT2D eigenvalue weighted by molar-refractivity contribution is 6.39. The van der Waals surface area contributed by atoms with Crippen LogP contribution in [-0.2, 0) is 4.79 Å². The molecule has 1 aromatic carbocycles. The smallest absolute Gasteiger partial charge is 0.377 e. The second kappa shape index (κ2) is 4.45. The van der Waals surface area contributed by atoms with Crippen molar-refractivity contribution >= 4 is 11.8 Å². The van der Waals surface area contributed by atoms with E-state index in [4.69, 9.17) is 15.1 Å². The average molecular weight is 219 g/mol. The SMILES string of the molecule is COc1c(C)cc(C(=O)C(=O)O)cc1C#N. The van der Waals surface area contributed by atoms with Gasteiger partial charge >= 0.3 is 5.97 Å². The fourth-order valence-corrected chi connectivity index (χ4v) is 1.38. The summed E-state index contributed by atoms with van der Waals surface area (Å²) in [7, 11) is 1.40. The minimum atomic E-state index is -1.55. The summed E-state index contributed by atoms with van der Waals surface area (Å²) in [6.07, 6.45) is 0. The Kier molecular flexibility index (Phi) is 3.26. The lowest BCUT2D eigenvalue weighted by atomic mass is 10.0. The van der Waals surface area contributed by atoms with Crippen molar-refractivity contribution in [1.82, 2.24) is 0 Å². The standard InChI is InChI=1S/C11H9NO4/c1-6-3-7(9(13)11(14)15)4-8(5-12)10(6)16-2/h3-4H,1-2H3,(H,14,15). The van der Waals surface area contributed by atoms with Gasteiger partial charge in [-0.2, -0.15) is 5.26 Å². The molecule has 0 fully saturated rings. The molecule has 16 heavy (non-hydrogen) atoms. The molecular formula is C11H9NO4. The van der Waals surface area contributed by atoms with Crippen molar-refractivity contribution < 1.29 is 19.4 Å². The van der Waals surface area contributed by atoms with Gasteiger partial charge in [0.15, 0.2) is 0 Å². The van der Waals surface area contributed by atoms with Gasteiger partial charge in [0.25, 0.3) is 5.78 Å². The Morgan fingerprint density at radius 3 is 2.50 bits per heavy atom. The van der Waals surface area contributed by atoms with Gasteiger partial charge in [0, 0.05) is 5.56 Å². The maximum absolute atomic E-state index is 11.2. The van der Waals surface area contributed by atoms with E-state index >= 15 is 0 Å². The van der Waals surface area contributed by atoms with E-state index in [1.807, 2.05) is 6.07 Å². The zero-order valence-electron chi connectivity index (χ0n) is 8.77. The molecule has 0 bridgehead atoms. The number of aliphatic carboxylic acids is 1. The van der Waals surface area contributed by atoms with Crippen molar-refractivity contribution in [3.8, 4) is 11.8 Å². The van der Waals surface area contributed by atoms with Crippen molar-refractivity contribution in [2.45, 2.75) is 6.92 Å². The van der Waals surface area contributed by atoms with E-state index in [1.54, 1.807) is 6.92 Å². The normalized spacial score (nSPS) is 9.31. The van der Waals surface area contributed by atoms with Gasteiger partial charge in [-0.3, -0.25) is 4.79 Å². The average Bonchev–Trinajstić information content (AvgIpc) is 2.26. The van der Waals surface area contributed by atoms with E-state index in [0.29, 0.717) is 11.3 Å². The van der Waals surface area contributed by atoms with Crippen LogP contribution in [0, 0.1) is 18.3 Å². The first kappa shape index (κ1) is 11.7. The van der Waals surface area contributed by atoms with Crippen LogP contribution in [0.25, 0.3) is 0 Å². The van der Waals surface area contributed by atoms with Gasteiger partial charge in [0.05, 0.1) is 12.7 Å². The van der Waals surface area contributed by atoms with E-state index in [2.05, 4.69) is 0 Å². The summed E-state index contributed by atoms with van der Waals surface area (Å²) in [5.74, 6) is -2.24. The van der Waals surface area contributed by atoms with E-state index < -0.39 is 11.8 Å². The third-order valence-electron chi connectivity index (χ3n) is 2.06. The molecule has 0 heterocycles. The van der Waals surface area contributed by atoms with Gasteiger partial charge in [-0.25, -0.2) is 4.79 Å². The van der Waals surface area contributed by atoms with Gasteiger partial charge in [0.2, 0.25) is 0 Å². The van der Waals surface area contributed by atoms with E-state index in [9.17, 15) is 9.59 Å². The molecule has 0 saturated carbocycles. The third kappa shape index (κ3) is 2.01. The first-order chi connectivity index (χ1) is 7.51. The number of benzene rings is 1. The van der Waals surface area contributed by atoms with Crippen molar-refractivity contribution in [3.63, 3.8) is 0 Å². The topological polar surface area (TPSA) is 87.4 Å². The zero-order valence-corrected chi connectivity index (χ0v) is 8.77. The van der Waals surface area contributed by atoms with Gasteiger partial charge in [-0.1, -0.05) is 0 Å². The number of hydrogen-bond donors (Lipinski definition) is 1.